The Labute approximate surface area is 177 Å². The highest BCUT2D eigenvalue weighted by molar-refractivity contribution is 6.30. The van der Waals surface area contributed by atoms with E-state index in [9.17, 15) is 10.1 Å². The van der Waals surface area contributed by atoms with E-state index in [0.717, 1.165) is 5.56 Å². The van der Waals surface area contributed by atoms with Crippen LogP contribution in [0.25, 0.3) is 5.69 Å². The number of hydrogen-bond acceptors (Lipinski definition) is 5. The first-order valence-corrected chi connectivity index (χ1v) is 9.71. The summed E-state index contributed by atoms with van der Waals surface area (Å²) in [5.74, 6) is 0.340. The van der Waals surface area contributed by atoms with Crippen molar-refractivity contribution >= 4 is 29.0 Å². The Morgan fingerprint density at radius 1 is 1.20 bits per heavy atom. The minimum absolute atomic E-state index is 0.123. The average molecular weight is 417 g/mol. The van der Waals surface area contributed by atoms with Crippen LogP contribution >= 0.6 is 11.6 Å². The number of nitrogens with two attached hydrogens (primary N) is 1. The van der Waals surface area contributed by atoms with E-state index in [2.05, 4.69) is 21.8 Å². The molecule has 3 heterocycles. The third-order valence-electron chi connectivity index (χ3n) is 5.67. The molecular weight excluding hydrogens is 400 g/mol. The third kappa shape index (κ3) is 2.19. The molecule has 8 heteroatoms. The number of benzene rings is 2. The molecule has 0 fully saturated rings. The molecule has 0 bridgehead atoms. The molecule has 1 spiro atoms. The summed E-state index contributed by atoms with van der Waals surface area (Å²) in [6.45, 7) is 3.76. The molecule has 4 N–H and O–H groups in total. The van der Waals surface area contributed by atoms with Gasteiger partial charge in [-0.2, -0.15) is 10.4 Å². The number of carbonyl (C=O) groups is 1. The highest BCUT2D eigenvalue weighted by Gasteiger charge is 2.57. The predicted octanol–water partition coefficient (Wildman–Crippen LogP) is 3.50. The van der Waals surface area contributed by atoms with Crippen molar-refractivity contribution < 1.29 is 4.79 Å². The van der Waals surface area contributed by atoms with Gasteiger partial charge in [0.05, 0.1) is 17.0 Å². The molecule has 0 saturated heterocycles. The first-order valence-electron chi connectivity index (χ1n) is 9.34. The Morgan fingerprint density at radius 2 is 2.00 bits per heavy atom. The third-order valence-corrected chi connectivity index (χ3v) is 5.90. The molecule has 2 aliphatic rings. The fourth-order valence-corrected chi connectivity index (χ4v) is 4.64. The summed E-state index contributed by atoms with van der Waals surface area (Å²) in [5, 5.41) is 21.3. The zero-order valence-electron chi connectivity index (χ0n) is 16.2. The number of aryl methyl sites for hydroxylation is 2. The minimum atomic E-state index is -1.37. The second-order valence-corrected chi connectivity index (χ2v) is 7.92. The number of carbonyl (C=O) groups excluding carboxylic acids is 1. The summed E-state index contributed by atoms with van der Waals surface area (Å²) in [7, 11) is 0. The molecule has 7 nitrogen and oxygen atoms in total. The summed E-state index contributed by atoms with van der Waals surface area (Å²) in [4.78, 5) is 13.5. The number of nitrogens with one attached hydrogen (secondary N) is 2. The van der Waals surface area contributed by atoms with Crippen LogP contribution in [0.3, 0.4) is 0 Å². The topological polar surface area (TPSA) is 109 Å². The van der Waals surface area contributed by atoms with Crippen molar-refractivity contribution in [2.24, 2.45) is 5.73 Å². The Hall–Kier alpha value is -3.76. The first kappa shape index (κ1) is 18.3. The maximum Gasteiger partial charge on any atom is 0.245 e. The normalized spacial score (nSPS) is 19.2. The standard InChI is InChI=1S/C22H17ClN6O/c1-11-6-7-17-15(8-11)22(21(30)26-17)16(10-24)19(25)27-20-18(22)12(2)28-29(20)14-5-3-4-13(23)9-14/h3-9,27H,25H2,1-2H3,(H,26,30). The van der Waals surface area contributed by atoms with Gasteiger partial charge in [-0.05, 0) is 38.1 Å². The molecule has 2 aliphatic heterocycles. The highest BCUT2D eigenvalue weighted by Crippen LogP contribution is 2.53. The van der Waals surface area contributed by atoms with Gasteiger partial charge in [-0.3, -0.25) is 4.79 Å². The highest BCUT2D eigenvalue weighted by atomic mass is 35.5. The number of amides is 1. The van der Waals surface area contributed by atoms with E-state index < -0.39 is 5.41 Å². The van der Waals surface area contributed by atoms with Crippen molar-refractivity contribution in [2.45, 2.75) is 19.3 Å². The Kier molecular flexibility index (Phi) is 3.73. The van der Waals surface area contributed by atoms with Crippen LogP contribution in [0.2, 0.25) is 5.02 Å². The van der Waals surface area contributed by atoms with Gasteiger partial charge in [-0.1, -0.05) is 35.4 Å². The Morgan fingerprint density at radius 3 is 2.73 bits per heavy atom. The number of nitriles is 1. The van der Waals surface area contributed by atoms with Crippen molar-refractivity contribution in [2.75, 3.05) is 10.6 Å². The first-order chi connectivity index (χ1) is 14.4. The number of rotatable bonds is 1. The molecule has 1 amide bonds. The van der Waals surface area contributed by atoms with Crippen LogP contribution in [0.1, 0.15) is 22.4 Å². The molecule has 1 unspecified atom stereocenters. The van der Waals surface area contributed by atoms with E-state index in [1.54, 1.807) is 16.8 Å². The van der Waals surface area contributed by atoms with Gasteiger partial charge in [0.15, 0.2) is 0 Å². The van der Waals surface area contributed by atoms with Crippen molar-refractivity contribution in [1.82, 2.24) is 9.78 Å². The largest absolute Gasteiger partial charge is 0.384 e. The summed E-state index contributed by atoms with van der Waals surface area (Å²) in [5.41, 5.74) is 9.35. The van der Waals surface area contributed by atoms with Gasteiger partial charge < -0.3 is 16.4 Å². The van der Waals surface area contributed by atoms with Gasteiger partial charge >= 0.3 is 0 Å². The van der Waals surface area contributed by atoms with E-state index in [1.165, 1.54) is 0 Å². The number of anilines is 2. The van der Waals surface area contributed by atoms with Gasteiger partial charge in [0, 0.05) is 21.8 Å². The van der Waals surface area contributed by atoms with Crippen LogP contribution in [-0.4, -0.2) is 15.7 Å². The lowest BCUT2D eigenvalue weighted by molar-refractivity contribution is -0.118. The van der Waals surface area contributed by atoms with E-state index in [-0.39, 0.29) is 17.3 Å². The molecule has 0 aliphatic carbocycles. The van der Waals surface area contributed by atoms with Crippen molar-refractivity contribution in [1.29, 1.82) is 5.26 Å². The summed E-state index contributed by atoms with van der Waals surface area (Å²) < 4.78 is 1.67. The molecule has 148 valence electrons. The monoisotopic (exact) mass is 416 g/mol. The maximum absolute atomic E-state index is 13.5. The molecule has 0 saturated carbocycles. The SMILES string of the molecule is Cc1ccc2c(c1)C1(C(=O)N2)C(C#N)=C(N)Nc2c1c(C)nn2-c1cccc(Cl)c1. The van der Waals surface area contributed by atoms with Crippen molar-refractivity contribution in [3.63, 3.8) is 0 Å². The van der Waals surface area contributed by atoms with Crippen LogP contribution in [0, 0.1) is 25.2 Å². The molecule has 5 rings (SSSR count). The molecule has 30 heavy (non-hydrogen) atoms. The summed E-state index contributed by atoms with van der Waals surface area (Å²) >= 11 is 6.18. The van der Waals surface area contributed by atoms with Gasteiger partial charge in [0.1, 0.15) is 23.1 Å². The second kappa shape index (κ2) is 6.12. The van der Waals surface area contributed by atoms with Gasteiger partial charge in [0.2, 0.25) is 5.91 Å². The number of aromatic nitrogens is 2. The van der Waals surface area contributed by atoms with Crippen LogP contribution in [-0.2, 0) is 10.2 Å². The lowest BCUT2D eigenvalue weighted by Gasteiger charge is -2.33. The van der Waals surface area contributed by atoms with E-state index in [4.69, 9.17) is 17.3 Å². The van der Waals surface area contributed by atoms with E-state index in [1.807, 2.05) is 44.2 Å². The van der Waals surface area contributed by atoms with Crippen LogP contribution in [0.4, 0.5) is 11.5 Å². The summed E-state index contributed by atoms with van der Waals surface area (Å²) in [6.07, 6.45) is 0. The van der Waals surface area contributed by atoms with Gasteiger partial charge in [-0.25, -0.2) is 4.68 Å². The zero-order chi connectivity index (χ0) is 21.2. The quantitative estimate of drug-likeness (QED) is 0.562. The van der Waals surface area contributed by atoms with Crippen molar-refractivity contribution in [3.05, 3.63) is 81.3 Å². The fourth-order valence-electron chi connectivity index (χ4n) is 4.46. The number of nitrogens with zero attached hydrogens (tertiary/aromatic N) is 3. The van der Waals surface area contributed by atoms with E-state index in [0.29, 0.717) is 39.0 Å². The maximum atomic E-state index is 13.5. The predicted molar refractivity (Wildman–Crippen MR) is 114 cm³/mol. The molecule has 3 aromatic rings. The van der Waals surface area contributed by atoms with Crippen LogP contribution in [0.5, 0.6) is 0 Å². The van der Waals surface area contributed by atoms with Gasteiger partial charge in [0.25, 0.3) is 0 Å². The fraction of sp³-hybridized carbons (Fsp3) is 0.136. The minimum Gasteiger partial charge on any atom is -0.384 e. The second-order valence-electron chi connectivity index (χ2n) is 7.48. The average Bonchev–Trinajstić information content (AvgIpc) is 3.17. The molecule has 2 aromatic carbocycles. The lowest BCUT2D eigenvalue weighted by atomic mass is 9.68. The molecule has 0 radical (unpaired) electrons. The Balaban J connectivity index is 1.89. The molecule has 1 aromatic heterocycles. The molecular formula is C22H17ClN6O. The summed E-state index contributed by atoms with van der Waals surface area (Å²) in [6, 6.07) is 15.1. The Bertz CT molecular complexity index is 1330. The van der Waals surface area contributed by atoms with Crippen LogP contribution in [0.15, 0.2) is 53.9 Å². The van der Waals surface area contributed by atoms with Crippen LogP contribution < -0.4 is 16.4 Å². The van der Waals surface area contributed by atoms with Crippen molar-refractivity contribution in [3.8, 4) is 11.8 Å². The molecule has 1 atom stereocenters. The van der Waals surface area contributed by atoms with Gasteiger partial charge in [-0.15, -0.1) is 0 Å². The number of hydrogen-bond donors (Lipinski definition) is 3. The number of halogens is 1. The van der Waals surface area contributed by atoms with E-state index >= 15 is 0 Å². The smallest absolute Gasteiger partial charge is 0.245 e. The lowest BCUT2D eigenvalue weighted by Crippen LogP contribution is -2.43. The zero-order valence-corrected chi connectivity index (χ0v) is 17.0. The number of fused-ring (bicyclic) bond motifs is 4.